The highest BCUT2D eigenvalue weighted by Crippen LogP contribution is 2.59. The van der Waals surface area contributed by atoms with Crippen LogP contribution < -0.4 is 26.5 Å². The molecule has 258 valence electrons. The Kier molecular flexibility index (Phi) is 10.9. The van der Waals surface area contributed by atoms with E-state index in [9.17, 15) is 31.4 Å². The summed E-state index contributed by atoms with van der Waals surface area (Å²) in [6, 6.07) is 29.1. The van der Waals surface area contributed by atoms with Gasteiger partial charge in [0.25, 0.3) is 0 Å². The third-order valence-electron chi connectivity index (χ3n) is 8.44. The second kappa shape index (κ2) is 14.9. The lowest BCUT2D eigenvalue weighted by Crippen LogP contribution is -2.28. The van der Waals surface area contributed by atoms with Gasteiger partial charge >= 0.3 is 12.4 Å². The second-order valence-corrected chi connectivity index (χ2v) is 16.9. The fourth-order valence-corrected chi connectivity index (χ4v) is 11.5. The van der Waals surface area contributed by atoms with E-state index in [0.717, 1.165) is 62.8 Å². The van der Waals surface area contributed by atoms with E-state index >= 15 is 0 Å². The highest BCUT2D eigenvalue weighted by atomic mass is 31.1. The summed E-state index contributed by atoms with van der Waals surface area (Å²) in [6.45, 7) is 8.15. The minimum absolute atomic E-state index is 0.460. The molecule has 0 aliphatic heterocycles. The summed E-state index contributed by atoms with van der Waals surface area (Å²) in [5.41, 5.74) is 3.88. The van der Waals surface area contributed by atoms with Crippen LogP contribution in [-0.4, -0.2) is 5.11 Å². The van der Waals surface area contributed by atoms with Crippen molar-refractivity contribution in [2.45, 2.75) is 46.2 Å². The van der Waals surface area contributed by atoms with Crippen molar-refractivity contribution in [2.75, 3.05) is 0 Å². The van der Waals surface area contributed by atoms with Crippen molar-refractivity contribution in [2.24, 2.45) is 0 Å². The van der Waals surface area contributed by atoms with Crippen LogP contribution in [0.2, 0.25) is 0 Å². The predicted octanol–water partition coefficient (Wildman–Crippen LogP) is 9.25. The standard InChI is InChI=1S/C42H32F6OP2/c1-26-20-27(2)23-34(22-26)51(35-24-28(3)21-29(4)25-35)39-11-7-9-37(39)40(49)36-8-5-6-10-38(36)50(32-16-12-30(13-17-32)41(43,44)45)33-18-14-31(15-19-33)42(46,47)48/h5-6,8,10,12-25,40,49H,1-4H3/t40-/m1/s1. The maximum Gasteiger partial charge on any atom is 0.416 e. The van der Waals surface area contributed by atoms with E-state index in [1.165, 1.54) is 24.3 Å². The maximum atomic E-state index is 13.5. The Morgan fingerprint density at radius 1 is 0.529 bits per heavy atom. The molecule has 1 nitrogen and oxygen atoms in total. The minimum atomic E-state index is -4.56. The molecule has 1 N–H and O–H groups in total. The van der Waals surface area contributed by atoms with Gasteiger partial charge in [-0.25, -0.2) is 0 Å². The summed E-state index contributed by atoms with van der Waals surface area (Å²) in [5.74, 6) is 0.460. The number of aliphatic hydroxyl groups excluding tert-OH is 1. The summed E-state index contributed by atoms with van der Waals surface area (Å²) >= 11 is 0. The van der Waals surface area contributed by atoms with Gasteiger partial charge in [-0.15, -0.1) is 0 Å². The minimum Gasteiger partial charge on any atom is -0.388 e. The first-order valence-electron chi connectivity index (χ1n) is 16.0. The van der Waals surface area contributed by atoms with Crippen LogP contribution in [0.5, 0.6) is 0 Å². The van der Waals surface area contributed by atoms with E-state index in [0.29, 0.717) is 27.4 Å². The molecule has 6 rings (SSSR count). The molecule has 1 aliphatic carbocycles. The van der Waals surface area contributed by atoms with Gasteiger partial charge in [0.05, 0.1) is 17.2 Å². The van der Waals surface area contributed by atoms with Gasteiger partial charge in [-0.3, -0.25) is 0 Å². The third kappa shape index (κ3) is 8.27. The molecule has 5 aromatic carbocycles. The first kappa shape index (κ1) is 37.3. The number of hydrogen-bond acceptors (Lipinski definition) is 1. The van der Waals surface area contributed by atoms with E-state index in [1.54, 1.807) is 24.3 Å². The van der Waals surface area contributed by atoms with Crippen LogP contribution in [0.25, 0.3) is 0 Å². The van der Waals surface area contributed by atoms with Crippen LogP contribution in [-0.2, 0) is 12.4 Å². The Hall–Kier alpha value is -3.50. The molecule has 1 saturated carbocycles. The van der Waals surface area contributed by atoms with Crippen molar-refractivity contribution in [3.8, 4) is 0 Å². The van der Waals surface area contributed by atoms with Gasteiger partial charge in [-0.2, -0.15) is 26.3 Å². The first-order valence-corrected chi connectivity index (χ1v) is 18.7. The molecular weight excluding hydrogens is 696 g/mol. The van der Waals surface area contributed by atoms with Crippen LogP contribution in [0.15, 0.2) is 109 Å². The monoisotopic (exact) mass is 728 g/mol. The lowest BCUT2D eigenvalue weighted by atomic mass is 9.94. The molecule has 51 heavy (non-hydrogen) atoms. The smallest absolute Gasteiger partial charge is 0.388 e. The Balaban J connectivity index is 1.46. The molecule has 0 saturated heterocycles. The Labute approximate surface area is 298 Å². The number of benzene rings is 5. The average Bonchev–Trinajstić information content (AvgIpc) is 3.53. The van der Waals surface area contributed by atoms with Crippen LogP contribution in [0.4, 0.5) is 26.3 Å². The van der Waals surface area contributed by atoms with Crippen molar-refractivity contribution in [1.29, 1.82) is 0 Å². The van der Waals surface area contributed by atoms with Crippen LogP contribution in [0.1, 0.15) is 45.0 Å². The Morgan fingerprint density at radius 2 is 0.961 bits per heavy atom. The van der Waals surface area contributed by atoms with E-state index in [4.69, 9.17) is 0 Å². The fourth-order valence-electron chi connectivity index (χ4n) is 6.33. The van der Waals surface area contributed by atoms with Crippen molar-refractivity contribution < 1.29 is 31.4 Å². The molecular formula is C42H32F6OP2. The molecule has 0 bridgehead atoms. The van der Waals surface area contributed by atoms with E-state index in [2.05, 4.69) is 55.7 Å². The summed E-state index contributed by atoms with van der Waals surface area (Å²) in [6.07, 6.45) is -1.02. The number of aryl methyl sites for hydroxylation is 4. The number of aliphatic hydroxyl groups is 1. The van der Waals surface area contributed by atoms with Crippen molar-refractivity contribution >= 4 is 42.4 Å². The number of hydrogen-bond donors (Lipinski definition) is 1. The van der Waals surface area contributed by atoms with Gasteiger partial charge in [0.15, 0.2) is 0 Å². The zero-order valence-electron chi connectivity index (χ0n) is 28.1. The fraction of sp³-hybridized carbons (Fsp3) is 0.167. The number of rotatable bonds is 8. The van der Waals surface area contributed by atoms with Crippen LogP contribution in [0, 0.1) is 58.5 Å². The van der Waals surface area contributed by atoms with Gasteiger partial charge in [0, 0.05) is 30.8 Å². The van der Waals surface area contributed by atoms with Crippen LogP contribution >= 0.6 is 15.8 Å². The van der Waals surface area contributed by atoms with Gasteiger partial charge in [0.1, 0.15) is 0 Å². The maximum absolute atomic E-state index is 13.5. The lowest BCUT2D eigenvalue weighted by molar-refractivity contribution is -0.138. The first-order chi connectivity index (χ1) is 24.1. The zero-order chi connectivity index (χ0) is 36.7. The molecule has 5 aromatic rings. The van der Waals surface area contributed by atoms with Crippen LogP contribution in [0.3, 0.4) is 0 Å². The van der Waals surface area contributed by atoms with Crippen molar-refractivity contribution in [3.63, 3.8) is 0 Å². The molecule has 0 amide bonds. The van der Waals surface area contributed by atoms with E-state index in [-0.39, 0.29) is 0 Å². The SMILES string of the molecule is Cc1cc(C)cc(P([C]2[C][C][C][C]2[C@H](O)c2ccccc2P(c2ccc(C(F)(F)F)cc2)c2ccc(C(F)(F)F)cc2)c2cc(C)cc(C)c2)c1. The number of halogens is 6. The van der Waals surface area contributed by atoms with Crippen molar-refractivity contribution in [1.82, 2.24) is 0 Å². The van der Waals surface area contributed by atoms with E-state index < -0.39 is 45.4 Å². The molecule has 9 heteroatoms. The number of alkyl halides is 6. The quantitative estimate of drug-likeness (QED) is 0.125. The second-order valence-electron chi connectivity index (χ2n) is 12.6. The molecule has 1 aliphatic rings. The Bertz CT molecular complexity index is 1840. The average molecular weight is 729 g/mol. The molecule has 1 atom stereocenters. The summed E-state index contributed by atoms with van der Waals surface area (Å²) in [7, 11) is -2.97. The molecule has 0 unspecified atom stereocenters. The van der Waals surface area contributed by atoms with E-state index in [1.807, 2.05) is 27.7 Å². The highest BCUT2D eigenvalue weighted by Gasteiger charge is 2.43. The Morgan fingerprint density at radius 3 is 1.39 bits per heavy atom. The van der Waals surface area contributed by atoms with Crippen molar-refractivity contribution in [3.05, 3.63) is 179 Å². The molecule has 0 heterocycles. The predicted molar refractivity (Wildman–Crippen MR) is 194 cm³/mol. The van der Waals surface area contributed by atoms with Gasteiger partial charge < -0.3 is 5.11 Å². The molecule has 8 radical (unpaired) electrons. The lowest BCUT2D eigenvalue weighted by Gasteiger charge is -2.33. The third-order valence-corrected chi connectivity index (χ3v) is 13.3. The zero-order valence-corrected chi connectivity index (χ0v) is 29.9. The summed E-state index contributed by atoms with van der Waals surface area (Å²) < 4.78 is 81.3. The summed E-state index contributed by atoms with van der Waals surface area (Å²) in [4.78, 5) is 0. The molecule has 0 spiro atoms. The van der Waals surface area contributed by atoms with Gasteiger partial charge in [0.2, 0.25) is 0 Å². The molecule has 1 fully saturated rings. The van der Waals surface area contributed by atoms with Gasteiger partial charge in [-0.1, -0.05) is 107 Å². The topological polar surface area (TPSA) is 20.2 Å². The largest absolute Gasteiger partial charge is 0.416 e. The molecule has 0 aromatic heterocycles. The highest BCUT2D eigenvalue weighted by molar-refractivity contribution is 7.80. The van der Waals surface area contributed by atoms with Gasteiger partial charge in [-0.05, 0) is 99.9 Å². The summed E-state index contributed by atoms with van der Waals surface area (Å²) in [5, 5.41) is 16.0. The normalized spacial score (nSPS) is 15.2.